The maximum atomic E-state index is 5.74. The monoisotopic (exact) mass is 192 g/mol. The summed E-state index contributed by atoms with van der Waals surface area (Å²) >= 11 is 0. The molecule has 1 saturated heterocycles. The van der Waals surface area contributed by atoms with Crippen LogP contribution in [0.15, 0.2) is 18.6 Å². The van der Waals surface area contributed by atoms with Crippen LogP contribution in [0.4, 0.5) is 5.82 Å². The Kier molecular flexibility index (Phi) is 2.93. The molecular weight excluding hydrogens is 176 g/mol. The summed E-state index contributed by atoms with van der Waals surface area (Å²) in [5.41, 5.74) is 5.74. The van der Waals surface area contributed by atoms with Crippen molar-refractivity contribution < 1.29 is 0 Å². The molecule has 0 radical (unpaired) electrons. The Hall–Kier alpha value is -1.16. The molecule has 0 aromatic carbocycles. The summed E-state index contributed by atoms with van der Waals surface area (Å²) in [5, 5.41) is 0. The van der Waals surface area contributed by atoms with E-state index in [2.05, 4.69) is 14.9 Å². The van der Waals surface area contributed by atoms with Crippen LogP contribution in [0.5, 0.6) is 0 Å². The second-order valence-electron chi connectivity index (χ2n) is 3.64. The minimum Gasteiger partial charge on any atom is -0.351 e. The average molecular weight is 192 g/mol. The number of anilines is 1. The molecule has 4 nitrogen and oxygen atoms in total. The van der Waals surface area contributed by atoms with Gasteiger partial charge in [-0.3, -0.25) is 4.98 Å². The molecule has 0 unspecified atom stereocenters. The third-order valence-corrected chi connectivity index (χ3v) is 2.74. The molecule has 14 heavy (non-hydrogen) atoms. The topological polar surface area (TPSA) is 55.0 Å². The SMILES string of the molecule is NC[C@H]1CCCCN1c1cnccn1. The van der Waals surface area contributed by atoms with Gasteiger partial charge >= 0.3 is 0 Å². The maximum absolute atomic E-state index is 5.74. The van der Waals surface area contributed by atoms with Crippen molar-refractivity contribution in [3.05, 3.63) is 18.6 Å². The summed E-state index contributed by atoms with van der Waals surface area (Å²) in [6, 6.07) is 0.445. The normalized spacial score (nSPS) is 22.4. The third kappa shape index (κ3) is 1.85. The molecule has 2 heterocycles. The fourth-order valence-electron chi connectivity index (χ4n) is 1.99. The van der Waals surface area contributed by atoms with Crippen LogP contribution in [0, 0.1) is 0 Å². The molecule has 0 spiro atoms. The van der Waals surface area contributed by atoms with Gasteiger partial charge in [-0.1, -0.05) is 0 Å². The van der Waals surface area contributed by atoms with Crippen molar-refractivity contribution >= 4 is 5.82 Å². The van der Waals surface area contributed by atoms with E-state index in [0.29, 0.717) is 12.6 Å². The average Bonchev–Trinajstić information content (AvgIpc) is 2.30. The first kappa shape index (κ1) is 9.40. The van der Waals surface area contributed by atoms with Crippen molar-refractivity contribution in [3.8, 4) is 0 Å². The molecule has 0 aliphatic carbocycles. The van der Waals surface area contributed by atoms with Gasteiger partial charge in [-0.25, -0.2) is 4.98 Å². The third-order valence-electron chi connectivity index (χ3n) is 2.74. The van der Waals surface area contributed by atoms with Crippen molar-refractivity contribution in [1.29, 1.82) is 0 Å². The van der Waals surface area contributed by atoms with E-state index < -0.39 is 0 Å². The Morgan fingerprint density at radius 2 is 2.36 bits per heavy atom. The maximum Gasteiger partial charge on any atom is 0.147 e. The van der Waals surface area contributed by atoms with Gasteiger partial charge in [0.1, 0.15) is 5.82 Å². The molecule has 1 aromatic rings. The number of aromatic nitrogens is 2. The Morgan fingerprint density at radius 3 is 3.07 bits per heavy atom. The fourth-order valence-corrected chi connectivity index (χ4v) is 1.99. The van der Waals surface area contributed by atoms with E-state index in [-0.39, 0.29) is 0 Å². The number of rotatable bonds is 2. The predicted octanol–water partition coefficient (Wildman–Crippen LogP) is 0.794. The first-order valence-corrected chi connectivity index (χ1v) is 5.14. The zero-order chi connectivity index (χ0) is 9.80. The highest BCUT2D eigenvalue weighted by molar-refractivity contribution is 5.37. The summed E-state index contributed by atoms with van der Waals surface area (Å²) in [6.07, 6.45) is 8.93. The standard InChI is InChI=1S/C10H16N4/c11-7-9-3-1-2-6-14(9)10-8-12-4-5-13-10/h4-5,8-9H,1-3,6-7,11H2/t9-/m1/s1. The fraction of sp³-hybridized carbons (Fsp3) is 0.600. The largest absolute Gasteiger partial charge is 0.351 e. The zero-order valence-electron chi connectivity index (χ0n) is 8.26. The lowest BCUT2D eigenvalue weighted by atomic mass is 10.0. The van der Waals surface area contributed by atoms with Crippen LogP contribution < -0.4 is 10.6 Å². The first-order chi connectivity index (χ1) is 6.92. The van der Waals surface area contributed by atoms with E-state index in [1.54, 1.807) is 12.4 Å². The Balaban J connectivity index is 2.15. The predicted molar refractivity (Wildman–Crippen MR) is 56.1 cm³/mol. The van der Waals surface area contributed by atoms with Gasteiger partial charge < -0.3 is 10.6 Å². The summed E-state index contributed by atoms with van der Waals surface area (Å²) < 4.78 is 0. The van der Waals surface area contributed by atoms with Crippen molar-refractivity contribution in [3.63, 3.8) is 0 Å². The van der Waals surface area contributed by atoms with E-state index in [4.69, 9.17) is 5.73 Å². The van der Waals surface area contributed by atoms with E-state index in [1.807, 2.05) is 6.20 Å². The molecular formula is C10H16N4. The molecule has 4 heteroatoms. The van der Waals surface area contributed by atoms with Crippen LogP contribution in [0.2, 0.25) is 0 Å². The van der Waals surface area contributed by atoms with Gasteiger partial charge in [0.2, 0.25) is 0 Å². The molecule has 2 rings (SSSR count). The molecule has 1 atom stereocenters. The van der Waals surface area contributed by atoms with Crippen LogP contribution >= 0.6 is 0 Å². The molecule has 1 aliphatic rings. The smallest absolute Gasteiger partial charge is 0.147 e. The van der Waals surface area contributed by atoms with Gasteiger partial charge in [0.25, 0.3) is 0 Å². The summed E-state index contributed by atoms with van der Waals surface area (Å²) in [4.78, 5) is 10.7. The lowest BCUT2D eigenvalue weighted by Crippen LogP contribution is -2.44. The lowest BCUT2D eigenvalue weighted by molar-refractivity contribution is 0.461. The Bertz CT molecular complexity index is 275. The van der Waals surface area contributed by atoms with Crippen molar-refractivity contribution in [1.82, 2.24) is 9.97 Å². The number of nitrogens with two attached hydrogens (primary N) is 1. The first-order valence-electron chi connectivity index (χ1n) is 5.14. The molecule has 1 aromatic heterocycles. The number of hydrogen-bond acceptors (Lipinski definition) is 4. The zero-order valence-corrected chi connectivity index (χ0v) is 8.26. The van der Waals surface area contributed by atoms with Crippen LogP contribution in [0.25, 0.3) is 0 Å². The number of nitrogens with zero attached hydrogens (tertiary/aromatic N) is 3. The van der Waals surface area contributed by atoms with E-state index in [0.717, 1.165) is 12.4 Å². The minimum atomic E-state index is 0.445. The highest BCUT2D eigenvalue weighted by Crippen LogP contribution is 2.21. The molecule has 76 valence electrons. The Labute approximate surface area is 84.2 Å². The van der Waals surface area contributed by atoms with E-state index in [1.165, 1.54) is 19.3 Å². The molecule has 2 N–H and O–H groups in total. The molecule has 0 saturated carbocycles. The van der Waals surface area contributed by atoms with Gasteiger partial charge in [0.15, 0.2) is 0 Å². The second kappa shape index (κ2) is 4.37. The highest BCUT2D eigenvalue weighted by atomic mass is 15.2. The van der Waals surface area contributed by atoms with Gasteiger partial charge in [-0.05, 0) is 19.3 Å². The van der Waals surface area contributed by atoms with Crippen LogP contribution in [0.1, 0.15) is 19.3 Å². The van der Waals surface area contributed by atoms with Gasteiger partial charge in [0.05, 0.1) is 6.20 Å². The quantitative estimate of drug-likeness (QED) is 0.753. The van der Waals surface area contributed by atoms with Gasteiger partial charge in [-0.15, -0.1) is 0 Å². The summed E-state index contributed by atoms with van der Waals surface area (Å²) in [6.45, 7) is 1.76. The van der Waals surface area contributed by atoms with Gasteiger partial charge in [-0.2, -0.15) is 0 Å². The van der Waals surface area contributed by atoms with Crippen LogP contribution in [0.3, 0.4) is 0 Å². The molecule has 1 fully saturated rings. The molecule has 0 amide bonds. The van der Waals surface area contributed by atoms with Gasteiger partial charge in [0, 0.05) is 31.5 Å². The molecule has 1 aliphatic heterocycles. The highest BCUT2D eigenvalue weighted by Gasteiger charge is 2.21. The summed E-state index contributed by atoms with van der Waals surface area (Å²) in [5.74, 6) is 0.961. The van der Waals surface area contributed by atoms with Crippen molar-refractivity contribution in [2.45, 2.75) is 25.3 Å². The van der Waals surface area contributed by atoms with Crippen molar-refractivity contribution in [2.75, 3.05) is 18.0 Å². The van der Waals surface area contributed by atoms with E-state index in [9.17, 15) is 0 Å². The van der Waals surface area contributed by atoms with E-state index >= 15 is 0 Å². The molecule has 0 bridgehead atoms. The Morgan fingerprint density at radius 1 is 1.43 bits per heavy atom. The number of piperidine rings is 1. The van der Waals surface area contributed by atoms with Crippen LogP contribution in [-0.2, 0) is 0 Å². The van der Waals surface area contributed by atoms with Crippen LogP contribution in [-0.4, -0.2) is 29.1 Å². The lowest BCUT2D eigenvalue weighted by Gasteiger charge is -2.35. The number of hydrogen-bond donors (Lipinski definition) is 1. The minimum absolute atomic E-state index is 0.445. The summed E-state index contributed by atoms with van der Waals surface area (Å²) in [7, 11) is 0. The second-order valence-corrected chi connectivity index (χ2v) is 3.64. The van der Waals surface area contributed by atoms with Crippen molar-refractivity contribution in [2.24, 2.45) is 5.73 Å².